The Kier molecular flexibility index (Phi) is 73.1. The zero-order chi connectivity index (χ0) is 59.1. The Hall–Kier alpha value is -1.13. The molecule has 0 fully saturated rings. The summed E-state index contributed by atoms with van der Waals surface area (Å²) < 4.78 is 0. The lowest BCUT2D eigenvalue weighted by molar-refractivity contribution is -0.123. The molecule has 4 heteroatoms. The molecular formula is C78H153NO3. The van der Waals surface area contributed by atoms with Crippen molar-refractivity contribution in [3.05, 3.63) is 24.3 Å². The highest BCUT2D eigenvalue weighted by molar-refractivity contribution is 5.76. The van der Waals surface area contributed by atoms with Crippen molar-refractivity contribution in [3.63, 3.8) is 0 Å². The van der Waals surface area contributed by atoms with Gasteiger partial charge in [-0.1, -0.05) is 423 Å². The largest absolute Gasteiger partial charge is 0.394 e. The van der Waals surface area contributed by atoms with Crippen molar-refractivity contribution < 1.29 is 15.0 Å². The SMILES string of the molecule is CCCCCCC/C=C\C/C=C\CCCCCCCCCCCCCCCCCCCCCCCCCCCCCC(=O)NC(CO)C(O)CCCCCCCCCCCCCCCCCCCCCCCCCCCCCCCCC. The summed E-state index contributed by atoms with van der Waals surface area (Å²) >= 11 is 0. The van der Waals surface area contributed by atoms with Crippen LogP contribution in [0.25, 0.3) is 0 Å². The van der Waals surface area contributed by atoms with E-state index in [0.717, 1.165) is 32.1 Å². The molecule has 0 saturated heterocycles. The lowest BCUT2D eigenvalue weighted by Crippen LogP contribution is -2.45. The van der Waals surface area contributed by atoms with Crippen molar-refractivity contribution in [2.75, 3.05) is 6.61 Å². The van der Waals surface area contributed by atoms with Crippen molar-refractivity contribution in [3.8, 4) is 0 Å². The molecular weight excluding hydrogens is 999 g/mol. The molecule has 0 heterocycles. The number of aliphatic hydroxyl groups excluding tert-OH is 2. The molecule has 2 unspecified atom stereocenters. The van der Waals surface area contributed by atoms with Crippen LogP contribution in [-0.2, 0) is 4.79 Å². The molecule has 488 valence electrons. The predicted molar refractivity (Wildman–Crippen MR) is 369 cm³/mol. The smallest absolute Gasteiger partial charge is 0.220 e. The first-order valence-corrected chi connectivity index (χ1v) is 38.5. The average molecular weight is 1150 g/mol. The Morgan fingerprint density at radius 2 is 0.500 bits per heavy atom. The summed E-state index contributed by atoms with van der Waals surface area (Å²) in [4.78, 5) is 12.6. The maximum atomic E-state index is 12.6. The second-order valence-electron chi connectivity index (χ2n) is 26.8. The fourth-order valence-electron chi connectivity index (χ4n) is 12.6. The molecule has 2 atom stereocenters. The van der Waals surface area contributed by atoms with Crippen molar-refractivity contribution in [2.24, 2.45) is 0 Å². The van der Waals surface area contributed by atoms with Gasteiger partial charge in [-0.15, -0.1) is 0 Å². The number of amides is 1. The zero-order valence-electron chi connectivity index (χ0n) is 56.6. The molecule has 0 saturated carbocycles. The maximum Gasteiger partial charge on any atom is 0.220 e. The number of hydrogen-bond donors (Lipinski definition) is 3. The quantitative estimate of drug-likeness (QED) is 0.0420. The Morgan fingerprint density at radius 3 is 0.732 bits per heavy atom. The number of allylic oxidation sites excluding steroid dienone is 4. The highest BCUT2D eigenvalue weighted by Gasteiger charge is 2.20. The number of carbonyl (C=O) groups excluding carboxylic acids is 1. The van der Waals surface area contributed by atoms with Crippen LogP contribution in [0.15, 0.2) is 24.3 Å². The third-order valence-corrected chi connectivity index (χ3v) is 18.5. The predicted octanol–water partition coefficient (Wildman–Crippen LogP) is 26.5. The first-order valence-electron chi connectivity index (χ1n) is 38.5. The molecule has 82 heavy (non-hydrogen) atoms. The van der Waals surface area contributed by atoms with Gasteiger partial charge in [0.15, 0.2) is 0 Å². The highest BCUT2D eigenvalue weighted by Crippen LogP contribution is 2.20. The van der Waals surface area contributed by atoms with Gasteiger partial charge in [-0.25, -0.2) is 0 Å². The fraction of sp³-hybridized carbons (Fsp3) is 0.936. The van der Waals surface area contributed by atoms with E-state index in [-0.39, 0.29) is 12.5 Å². The number of unbranched alkanes of at least 4 members (excludes halogenated alkanes) is 62. The van der Waals surface area contributed by atoms with E-state index in [1.54, 1.807) is 0 Å². The molecule has 3 N–H and O–H groups in total. The van der Waals surface area contributed by atoms with Gasteiger partial charge in [-0.05, 0) is 44.9 Å². The van der Waals surface area contributed by atoms with Crippen LogP contribution in [-0.4, -0.2) is 34.9 Å². The van der Waals surface area contributed by atoms with Gasteiger partial charge in [0.1, 0.15) is 0 Å². The third kappa shape index (κ3) is 69.6. The lowest BCUT2D eigenvalue weighted by Gasteiger charge is -2.22. The molecule has 0 bridgehead atoms. The molecule has 0 aromatic carbocycles. The molecule has 0 radical (unpaired) electrons. The van der Waals surface area contributed by atoms with E-state index in [1.165, 1.54) is 392 Å². The van der Waals surface area contributed by atoms with E-state index >= 15 is 0 Å². The summed E-state index contributed by atoms with van der Waals surface area (Å²) in [5.41, 5.74) is 0. The van der Waals surface area contributed by atoms with Crippen LogP contribution in [0.3, 0.4) is 0 Å². The minimum atomic E-state index is -0.659. The van der Waals surface area contributed by atoms with Gasteiger partial charge in [0.25, 0.3) is 0 Å². The highest BCUT2D eigenvalue weighted by atomic mass is 16.3. The number of aliphatic hydroxyl groups is 2. The van der Waals surface area contributed by atoms with E-state index in [0.29, 0.717) is 12.8 Å². The molecule has 0 aliphatic rings. The third-order valence-electron chi connectivity index (χ3n) is 18.5. The first-order chi connectivity index (χ1) is 40.7. The van der Waals surface area contributed by atoms with Gasteiger partial charge >= 0.3 is 0 Å². The summed E-state index contributed by atoms with van der Waals surface area (Å²) in [6.07, 6.45) is 101. The summed E-state index contributed by atoms with van der Waals surface area (Å²) in [5, 5.41) is 23.5. The van der Waals surface area contributed by atoms with Gasteiger partial charge in [0.2, 0.25) is 5.91 Å². The van der Waals surface area contributed by atoms with Crippen LogP contribution in [0, 0.1) is 0 Å². The Bertz CT molecular complexity index is 1210. The minimum absolute atomic E-state index is 0.0199. The molecule has 0 aromatic heterocycles. The summed E-state index contributed by atoms with van der Waals surface area (Å²) in [7, 11) is 0. The fourth-order valence-corrected chi connectivity index (χ4v) is 12.6. The Labute approximate surface area is 517 Å². The van der Waals surface area contributed by atoms with Gasteiger partial charge in [0, 0.05) is 6.42 Å². The lowest BCUT2D eigenvalue weighted by atomic mass is 10.0. The first kappa shape index (κ1) is 80.9. The van der Waals surface area contributed by atoms with Crippen molar-refractivity contribution in [2.45, 2.75) is 463 Å². The normalized spacial score (nSPS) is 12.7. The van der Waals surface area contributed by atoms with Crippen molar-refractivity contribution in [1.82, 2.24) is 5.32 Å². The topological polar surface area (TPSA) is 69.6 Å². The second kappa shape index (κ2) is 74.1. The number of carbonyl (C=O) groups is 1. The molecule has 0 aliphatic carbocycles. The summed E-state index contributed by atoms with van der Waals surface area (Å²) in [6.45, 7) is 4.40. The van der Waals surface area contributed by atoms with E-state index in [4.69, 9.17) is 0 Å². The Balaban J connectivity index is 3.35. The molecule has 0 rings (SSSR count). The molecule has 0 spiro atoms. The van der Waals surface area contributed by atoms with E-state index < -0.39 is 12.1 Å². The van der Waals surface area contributed by atoms with Crippen LogP contribution in [0.1, 0.15) is 450 Å². The molecule has 0 aromatic rings. The molecule has 0 aliphatic heterocycles. The number of hydrogen-bond acceptors (Lipinski definition) is 3. The van der Waals surface area contributed by atoms with Gasteiger partial charge in [-0.3, -0.25) is 4.79 Å². The molecule has 4 nitrogen and oxygen atoms in total. The number of rotatable bonds is 73. The summed E-state index contributed by atoms with van der Waals surface area (Å²) in [5.74, 6) is -0.0199. The second-order valence-corrected chi connectivity index (χ2v) is 26.8. The van der Waals surface area contributed by atoms with Crippen LogP contribution in [0.5, 0.6) is 0 Å². The minimum Gasteiger partial charge on any atom is -0.394 e. The van der Waals surface area contributed by atoms with Crippen LogP contribution >= 0.6 is 0 Å². The average Bonchev–Trinajstić information content (AvgIpc) is 3.50. The van der Waals surface area contributed by atoms with Crippen LogP contribution in [0.2, 0.25) is 0 Å². The monoisotopic (exact) mass is 1150 g/mol. The van der Waals surface area contributed by atoms with Crippen molar-refractivity contribution >= 4 is 5.91 Å². The van der Waals surface area contributed by atoms with Crippen LogP contribution in [0.4, 0.5) is 0 Å². The maximum absolute atomic E-state index is 12.6. The van der Waals surface area contributed by atoms with E-state index in [2.05, 4.69) is 43.5 Å². The van der Waals surface area contributed by atoms with Gasteiger partial charge in [0.05, 0.1) is 18.8 Å². The van der Waals surface area contributed by atoms with Gasteiger partial charge < -0.3 is 15.5 Å². The van der Waals surface area contributed by atoms with E-state index in [9.17, 15) is 15.0 Å². The number of nitrogens with one attached hydrogen (secondary N) is 1. The van der Waals surface area contributed by atoms with E-state index in [1.807, 2.05) is 0 Å². The van der Waals surface area contributed by atoms with Gasteiger partial charge in [-0.2, -0.15) is 0 Å². The van der Waals surface area contributed by atoms with Crippen molar-refractivity contribution in [1.29, 1.82) is 0 Å². The standard InChI is InChI=1S/C78H153NO3/c1-3-5-7-9-11-13-15-17-19-21-23-25-27-29-31-33-35-36-37-38-39-40-41-42-44-46-48-50-52-54-56-58-60-62-64-66-68-70-72-74-78(82)79-76(75-80)77(81)73-71-69-67-65-63-61-59-57-55-53-51-49-47-45-43-34-32-30-28-26-24-22-20-18-16-14-12-10-8-6-4-2/h15,17,21,23,76-77,80-81H,3-14,16,18-20,22,24-75H2,1-2H3,(H,79,82)/b17-15-,23-21-. The molecule has 1 amide bonds. The zero-order valence-corrected chi connectivity index (χ0v) is 56.6. The van der Waals surface area contributed by atoms with Crippen LogP contribution < -0.4 is 5.32 Å². The Morgan fingerprint density at radius 1 is 0.293 bits per heavy atom. The summed E-state index contributed by atoms with van der Waals surface area (Å²) in [6, 6.07) is -0.535.